The zero-order chi connectivity index (χ0) is 19.7. The van der Waals surface area contributed by atoms with Crippen molar-refractivity contribution in [3.63, 3.8) is 0 Å². The maximum Gasteiger partial charge on any atom is 0.302 e. The molecular weight excluding hydrogens is 356 g/mol. The van der Waals surface area contributed by atoms with Crippen LogP contribution in [0.5, 0.6) is 0 Å². The minimum atomic E-state index is -1.92. The zero-order valence-electron chi connectivity index (χ0n) is 16.4. The van der Waals surface area contributed by atoms with Crippen LogP contribution in [0.2, 0.25) is 13.1 Å². The first-order valence-corrected chi connectivity index (χ1v) is 12.5. The fraction of sp³-hybridized carbons (Fsp3) is 0.455. The number of allylic oxidation sites excluding steroid dienone is 1. The standard InChI is InChI=1S/C22H28O4Si/c1-16(27(3,4)19-8-6-5-7-9-19)20-15-26-22(12-13-25-17(2)23)11-10-18(24)14-21(20)22/h5-11,20-21H,1,12-15H2,2-4H3/t20-,21+,22-/m0/s1. The van der Waals surface area contributed by atoms with E-state index < -0.39 is 13.7 Å². The van der Waals surface area contributed by atoms with E-state index >= 15 is 0 Å². The average molecular weight is 385 g/mol. The summed E-state index contributed by atoms with van der Waals surface area (Å²) in [6, 6.07) is 10.5. The van der Waals surface area contributed by atoms with E-state index in [4.69, 9.17) is 9.47 Å². The highest BCUT2D eigenvalue weighted by atomic mass is 28.3. The molecule has 2 aliphatic rings. The van der Waals surface area contributed by atoms with Crippen molar-refractivity contribution in [3.8, 4) is 0 Å². The molecule has 5 heteroatoms. The van der Waals surface area contributed by atoms with Gasteiger partial charge in [0.25, 0.3) is 0 Å². The molecule has 0 unspecified atom stereocenters. The minimum absolute atomic E-state index is 0.0496. The van der Waals surface area contributed by atoms with Crippen LogP contribution >= 0.6 is 0 Å². The van der Waals surface area contributed by atoms with Gasteiger partial charge in [0.1, 0.15) is 8.07 Å². The summed E-state index contributed by atoms with van der Waals surface area (Å²) in [6.07, 6.45) is 4.53. The summed E-state index contributed by atoms with van der Waals surface area (Å²) in [5.74, 6) is 0.0210. The number of ether oxygens (including phenoxy) is 2. The van der Waals surface area contributed by atoms with Crippen molar-refractivity contribution in [3.05, 3.63) is 54.3 Å². The largest absolute Gasteiger partial charge is 0.466 e. The van der Waals surface area contributed by atoms with Gasteiger partial charge < -0.3 is 9.47 Å². The summed E-state index contributed by atoms with van der Waals surface area (Å²) in [4.78, 5) is 23.3. The molecule has 1 aromatic rings. The molecule has 0 amide bonds. The highest BCUT2D eigenvalue weighted by molar-refractivity contribution is 6.95. The Hall–Kier alpha value is -1.98. The Labute approximate surface area is 162 Å². The molecule has 1 aromatic carbocycles. The molecule has 3 atom stereocenters. The first-order valence-electron chi connectivity index (χ1n) is 9.50. The fourth-order valence-electron chi connectivity index (χ4n) is 4.36. The lowest BCUT2D eigenvalue weighted by molar-refractivity contribution is -0.142. The van der Waals surface area contributed by atoms with Crippen molar-refractivity contribution in [1.82, 2.24) is 0 Å². The van der Waals surface area contributed by atoms with E-state index in [2.05, 4.69) is 43.9 Å². The first kappa shape index (κ1) is 19.8. The Morgan fingerprint density at radius 2 is 2.04 bits per heavy atom. The lowest BCUT2D eigenvalue weighted by Crippen LogP contribution is -2.48. The molecular formula is C22H28O4Si. The Bertz CT molecular complexity index is 768. The third-order valence-electron chi connectivity index (χ3n) is 6.16. The van der Waals surface area contributed by atoms with Crippen molar-refractivity contribution in [2.24, 2.45) is 11.8 Å². The Balaban J connectivity index is 1.85. The van der Waals surface area contributed by atoms with Crippen molar-refractivity contribution < 1.29 is 19.1 Å². The topological polar surface area (TPSA) is 52.6 Å². The molecule has 27 heavy (non-hydrogen) atoms. The van der Waals surface area contributed by atoms with Gasteiger partial charge in [-0.05, 0) is 12.2 Å². The summed E-state index contributed by atoms with van der Waals surface area (Å²) in [6.45, 7) is 11.4. The molecule has 0 aromatic heterocycles. The zero-order valence-corrected chi connectivity index (χ0v) is 17.4. The van der Waals surface area contributed by atoms with Crippen LogP contribution in [-0.2, 0) is 19.1 Å². The van der Waals surface area contributed by atoms with E-state index in [0.29, 0.717) is 26.1 Å². The number of ketones is 1. The highest BCUT2D eigenvalue weighted by Gasteiger charge is 2.52. The number of carbonyl (C=O) groups excluding carboxylic acids is 2. The van der Waals surface area contributed by atoms with E-state index in [-0.39, 0.29) is 23.6 Å². The second kappa shape index (κ2) is 7.56. The van der Waals surface area contributed by atoms with E-state index in [0.717, 1.165) is 0 Å². The molecule has 1 aliphatic heterocycles. The van der Waals surface area contributed by atoms with Crippen LogP contribution in [0, 0.1) is 11.8 Å². The van der Waals surface area contributed by atoms with Crippen LogP contribution in [-0.4, -0.2) is 38.6 Å². The van der Waals surface area contributed by atoms with Gasteiger partial charge >= 0.3 is 5.97 Å². The maximum absolute atomic E-state index is 12.2. The summed E-state index contributed by atoms with van der Waals surface area (Å²) >= 11 is 0. The van der Waals surface area contributed by atoms with Crippen LogP contribution in [0.15, 0.2) is 54.3 Å². The quantitative estimate of drug-likeness (QED) is 0.558. The van der Waals surface area contributed by atoms with Gasteiger partial charge in [-0.3, -0.25) is 9.59 Å². The second-order valence-corrected chi connectivity index (χ2v) is 12.6. The lowest BCUT2D eigenvalue weighted by Gasteiger charge is -2.38. The molecule has 144 valence electrons. The van der Waals surface area contributed by atoms with E-state index in [9.17, 15) is 9.59 Å². The highest BCUT2D eigenvalue weighted by Crippen LogP contribution is 2.48. The molecule has 4 nitrogen and oxygen atoms in total. The van der Waals surface area contributed by atoms with Gasteiger partial charge in [-0.1, -0.05) is 53.8 Å². The van der Waals surface area contributed by atoms with Crippen LogP contribution in [0.4, 0.5) is 0 Å². The van der Waals surface area contributed by atoms with Gasteiger partial charge in [-0.2, -0.15) is 0 Å². The van der Waals surface area contributed by atoms with E-state index in [1.807, 2.05) is 12.1 Å². The maximum atomic E-state index is 12.2. The first-order chi connectivity index (χ1) is 12.8. The molecule has 1 aliphatic carbocycles. The van der Waals surface area contributed by atoms with Gasteiger partial charge in [-0.15, -0.1) is 6.58 Å². The van der Waals surface area contributed by atoms with Gasteiger partial charge in [0.05, 0.1) is 18.8 Å². The van der Waals surface area contributed by atoms with E-state index in [1.54, 1.807) is 6.08 Å². The molecule has 1 saturated heterocycles. The minimum Gasteiger partial charge on any atom is -0.466 e. The van der Waals surface area contributed by atoms with Crippen molar-refractivity contribution in [2.45, 2.75) is 38.5 Å². The third-order valence-corrected chi connectivity index (χ3v) is 9.91. The second-order valence-electron chi connectivity index (χ2n) is 8.09. The SMILES string of the molecule is C=C([C@@H]1CO[C@]2(CCOC(C)=O)C=CC(=O)C[C@H]12)[Si](C)(C)c1ccccc1. The van der Waals surface area contributed by atoms with Crippen LogP contribution < -0.4 is 5.19 Å². The number of hydrogen-bond donors (Lipinski definition) is 0. The van der Waals surface area contributed by atoms with Crippen LogP contribution in [0.3, 0.4) is 0 Å². The molecule has 1 heterocycles. The lowest BCUT2D eigenvalue weighted by atomic mass is 9.73. The number of rotatable bonds is 6. The summed E-state index contributed by atoms with van der Waals surface area (Å²) in [7, 11) is -1.92. The van der Waals surface area contributed by atoms with Gasteiger partial charge in [0, 0.05) is 31.6 Å². The number of fused-ring (bicyclic) bond motifs is 1. The molecule has 0 N–H and O–H groups in total. The number of hydrogen-bond acceptors (Lipinski definition) is 4. The summed E-state index contributed by atoms with van der Waals surface area (Å²) < 4.78 is 11.4. The van der Waals surface area contributed by atoms with Crippen molar-refractivity contribution in [1.29, 1.82) is 0 Å². The van der Waals surface area contributed by atoms with Crippen LogP contribution in [0.1, 0.15) is 19.8 Å². The molecule has 0 radical (unpaired) electrons. The molecule has 1 fully saturated rings. The number of esters is 1. The van der Waals surface area contributed by atoms with Crippen molar-refractivity contribution in [2.75, 3.05) is 13.2 Å². The van der Waals surface area contributed by atoms with Gasteiger partial charge in [0.15, 0.2) is 5.78 Å². The average Bonchev–Trinajstić information content (AvgIpc) is 3.00. The van der Waals surface area contributed by atoms with E-state index in [1.165, 1.54) is 17.3 Å². The Morgan fingerprint density at radius 1 is 1.33 bits per heavy atom. The van der Waals surface area contributed by atoms with Crippen LogP contribution in [0.25, 0.3) is 0 Å². The molecule has 0 spiro atoms. The van der Waals surface area contributed by atoms with Gasteiger partial charge in [0.2, 0.25) is 0 Å². The Kier molecular flexibility index (Phi) is 5.54. The summed E-state index contributed by atoms with van der Waals surface area (Å²) in [5.41, 5.74) is -0.544. The smallest absolute Gasteiger partial charge is 0.302 e. The fourth-order valence-corrected chi connectivity index (χ4v) is 6.96. The predicted octanol–water partition coefficient (Wildman–Crippen LogP) is 3.18. The monoisotopic (exact) mass is 384 g/mol. The number of benzene rings is 1. The molecule has 0 bridgehead atoms. The normalized spacial score (nSPS) is 27.3. The molecule has 0 saturated carbocycles. The molecule has 3 rings (SSSR count). The van der Waals surface area contributed by atoms with Crippen molar-refractivity contribution >= 4 is 25.0 Å². The Morgan fingerprint density at radius 3 is 2.70 bits per heavy atom. The summed E-state index contributed by atoms with van der Waals surface area (Å²) in [5, 5.41) is 2.56. The number of carbonyl (C=O) groups is 2. The predicted molar refractivity (Wildman–Crippen MR) is 108 cm³/mol. The van der Waals surface area contributed by atoms with Gasteiger partial charge in [-0.25, -0.2) is 0 Å². The third kappa shape index (κ3) is 3.85.